The zero-order valence-electron chi connectivity index (χ0n) is 12.9. The number of aliphatic hydroxyl groups is 1. The molecular weight excluding hydrogens is 306 g/mol. The van der Waals surface area contributed by atoms with Crippen LogP contribution < -0.4 is 5.32 Å². The molecule has 0 bridgehead atoms. The summed E-state index contributed by atoms with van der Waals surface area (Å²) in [6.45, 7) is -0.0489. The van der Waals surface area contributed by atoms with Crippen molar-refractivity contribution in [2.75, 3.05) is 6.61 Å². The lowest BCUT2D eigenvalue weighted by atomic mass is 10.1. The summed E-state index contributed by atoms with van der Waals surface area (Å²) in [4.78, 5) is 13.8. The molecule has 1 atom stereocenters. The molecule has 3 nitrogen and oxygen atoms in total. The number of amides is 1. The van der Waals surface area contributed by atoms with Crippen LogP contribution in [0.3, 0.4) is 0 Å². The SMILES string of the molecule is O=C(N[C@@H](CO)Cc1ccccc1)C1(Sc2ccccc2)CC1. The summed E-state index contributed by atoms with van der Waals surface area (Å²) in [5, 5.41) is 12.6. The molecule has 1 aliphatic carbocycles. The van der Waals surface area contributed by atoms with E-state index < -0.39 is 0 Å². The van der Waals surface area contributed by atoms with E-state index in [-0.39, 0.29) is 23.3 Å². The molecule has 2 aromatic carbocycles. The van der Waals surface area contributed by atoms with E-state index in [4.69, 9.17) is 0 Å². The zero-order chi connectivity index (χ0) is 16.1. The number of rotatable bonds is 7. The van der Waals surface area contributed by atoms with E-state index >= 15 is 0 Å². The van der Waals surface area contributed by atoms with E-state index in [9.17, 15) is 9.90 Å². The van der Waals surface area contributed by atoms with Gasteiger partial charge in [0.05, 0.1) is 17.4 Å². The van der Waals surface area contributed by atoms with Gasteiger partial charge in [0.2, 0.25) is 5.91 Å². The summed E-state index contributed by atoms with van der Waals surface area (Å²) in [6.07, 6.45) is 2.43. The highest BCUT2D eigenvalue weighted by atomic mass is 32.2. The number of nitrogens with one attached hydrogen (secondary N) is 1. The fraction of sp³-hybridized carbons (Fsp3) is 0.316. The fourth-order valence-electron chi connectivity index (χ4n) is 2.58. The van der Waals surface area contributed by atoms with Crippen LogP contribution >= 0.6 is 11.8 Å². The summed E-state index contributed by atoms with van der Waals surface area (Å²) < 4.78 is -0.356. The van der Waals surface area contributed by atoms with Gasteiger partial charge in [0.25, 0.3) is 0 Å². The molecule has 120 valence electrons. The van der Waals surface area contributed by atoms with Crippen LogP contribution in [0.25, 0.3) is 0 Å². The maximum atomic E-state index is 12.6. The van der Waals surface area contributed by atoms with Crippen molar-refractivity contribution in [2.24, 2.45) is 0 Å². The average Bonchev–Trinajstić information content (AvgIpc) is 3.37. The highest BCUT2D eigenvalue weighted by Gasteiger charge is 2.51. The van der Waals surface area contributed by atoms with Crippen molar-refractivity contribution >= 4 is 17.7 Å². The Morgan fingerprint density at radius 2 is 1.70 bits per heavy atom. The molecule has 0 aliphatic heterocycles. The Morgan fingerprint density at radius 3 is 2.26 bits per heavy atom. The van der Waals surface area contributed by atoms with Crippen molar-refractivity contribution in [1.29, 1.82) is 0 Å². The first kappa shape index (κ1) is 16.1. The average molecular weight is 327 g/mol. The van der Waals surface area contributed by atoms with Crippen LogP contribution in [0.1, 0.15) is 18.4 Å². The fourth-order valence-corrected chi connectivity index (χ4v) is 3.78. The van der Waals surface area contributed by atoms with Gasteiger partial charge in [-0.2, -0.15) is 0 Å². The van der Waals surface area contributed by atoms with E-state index in [0.717, 1.165) is 23.3 Å². The Morgan fingerprint density at radius 1 is 1.09 bits per heavy atom. The predicted octanol–water partition coefficient (Wildman–Crippen LogP) is 3.03. The van der Waals surface area contributed by atoms with Gasteiger partial charge in [-0.05, 0) is 37.0 Å². The van der Waals surface area contributed by atoms with Crippen LogP contribution in [0.5, 0.6) is 0 Å². The number of carbonyl (C=O) groups is 1. The van der Waals surface area contributed by atoms with Crippen molar-refractivity contribution in [3.8, 4) is 0 Å². The summed E-state index contributed by atoms with van der Waals surface area (Å²) in [6, 6.07) is 19.7. The molecule has 0 radical (unpaired) electrons. The summed E-state index contributed by atoms with van der Waals surface area (Å²) >= 11 is 1.63. The molecule has 2 aromatic rings. The largest absolute Gasteiger partial charge is 0.394 e. The predicted molar refractivity (Wildman–Crippen MR) is 93.4 cm³/mol. The van der Waals surface area contributed by atoms with Crippen LogP contribution in [0, 0.1) is 0 Å². The second-order valence-electron chi connectivity index (χ2n) is 5.95. The van der Waals surface area contributed by atoms with Gasteiger partial charge in [-0.1, -0.05) is 48.5 Å². The maximum absolute atomic E-state index is 12.6. The zero-order valence-corrected chi connectivity index (χ0v) is 13.8. The maximum Gasteiger partial charge on any atom is 0.236 e. The summed E-state index contributed by atoms with van der Waals surface area (Å²) in [7, 11) is 0. The molecule has 0 saturated heterocycles. The molecule has 3 rings (SSSR count). The van der Waals surface area contributed by atoms with Gasteiger partial charge in [0.15, 0.2) is 0 Å². The number of thioether (sulfide) groups is 1. The lowest BCUT2D eigenvalue weighted by molar-refractivity contribution is -0.122. The van der Waals surface area contributed by atoms with Crippen LogP contribution in [0.15, 0.2) is 65.6 Å². The van der Waals surface area contributed by atoms with Crippen LogP contribution in [0.2, 0.25) is 0 Å². The second-order valence-corrected chi connectivity index (χ2v) is 7.41. The summed E-state index contributed by atoms with van der Waals surface area (Å²) in [5.41, 5.74) is 1.12. The van der Waals surface area contributed by atoms with Crippen LogP contribution in [-0.2, 0) is 11.2 Å². The van der Waals surface area contributed by atoms with Crippen molar-refractivity contribution in [1.82, 2.24) is 5.32 Å². The van der Waals surface area contributed by atoms with Crippen molar-refractivity contribution in [3.63, 3.8) is 0 Å². The molecule has 0 spiro atoms. The Hall–Kier alpha value is -1.78. The lowest BCUT2D eigenvalue weighted by Crippen LogP contribution is -2.44. The molecule has 1 saturated carbocycles. The molecule has 0 unspecified atom stereocenters. The molecule has 4 heteroatoms. The first-order valence-corrected chi connectivity index (χ1v) is 8.73. The Kier molecular flexibility index (Phi) is 5.03. The third kappa shape index (κ3) is 4.15. The molecule has 1 fully saturated rings. The van der Waals surface area contributed by atoms with E-state index in [2.05, 4.69) is 5.32 Å². The standard InChI is InChI=1S/C19H21NO2S/c21-14-16(13-15-7-3-1-4-8-15)20-18(22)19(11-12-19)23-17-9-5-2-6-10-17/h1-10,16,21H,11-14H2,(H,20,22)/t16-/m1/s1. The molecule has 0 aromatic heterocycles. The number of aliphatic hydroxyl groups excluding tert-OH is 1. The summed E-state index contributed by atoms with van der Waals surface area (Å²) in [5.74, 6) is 0.0429. The Bertz CT molecular complexity index is 641. The monoisotopic (exact) mass is 327 g/mol. The van der Waals surface area contributed by atoms with Crippen molar-refractivity contribution in [2.45, 2.75) is 34.9 Å². The van der Waals surface area contributed by atoms with Gasteiger partial charge >= 0.3 is 0 Å². The van der Waals surface area contributed by atoms with Gasteiger partial charge in [-0.25, -0.2) is 0 Å². The molecule has 1 aliphatic rings. The van der Waals surface area contributed by atoms with E-state index in [0.29, 0.717) is 6.42 Å². The van der Waals surface area contributed by atoms with Crippen LogP contribution in [-0.4, -0.2) is 28.4 Å². The molecule has 23 heavy (non-hydrogen) atoms. The number of hydrogen-bond acceptors (Lipinski definition) is 3. The molecular formula is C19H21NO2S. The lowest BCUT2D eigenvalue weighted by Gasteiger charge is -2.21. The minimum Gasteiger partial charge on any atom is -0.394 e. The highest BCUT2D eigenvalue weighted by molar-refractivity contribution is 8.01. The van der Waals surface area contributed by atoms with Gasteiger partial charge < -0.3 is 10.4 Å². The Balaban J connectivity index is 1.61. The smallest absolute Gasteiger partial charge is 0.236 e. The third-order valence-electron chi connectivity index (χ3n) is 4.05. The second kappa shape index (κ2) is 7.20. The first-order valence-electron chi connectivity index (χ1n) is 7.92. The van der Waals surface area contributed by atoms with Crippen molar-refractivity contribution in [3.05, 3.63) is 66.2 Å². The topological polar surface area (TPSA) is 49.3 Å². The molecule has 0 heterocycles. The minimum absolute atomic E-state index is 0.0429. The molecule has 1 amide bonds. The number of hydrogen-bond donors (Lipinski definition) is 2. The quantitative estimate of drug-likeness (QED) is 0.822. The van der Waals surface area contributed by atoms with E-state index in [1.807, 2.05) is 60.7 Å². The first-order chi connectivity index (χ1) is 11.2. The van der Waals surface area contributed by atoms with E-state index in [1.54, 1.807) is 11.8 Å². The minimum atomic E-state index is -0.356. The normalized spacial score (nSPS) is 16.6. The van der Waals surface area contributed by atoms with Gasteiger partial charge in [0.1, 0.15) is 0 Å². The highest BCUT2D eigenvalue weighted by Crippen LogP contribution is 2.51. The van der Waals surface area contributed by atoms with Crippen molar-refractivity contribution < 1.29 is 9.90 Å². The third-order valence-corrected chi connectivity index (χ3v) is 5.55. The van der Waals surface area contributed by atoms with E-state index in [1.165, 1.54) is 0 Å². The van der Waals surface area contributed by atoms with Gasteiger partial charge in [0, 0.05) is 4.90 Å². The van der Waals surface area contributed by atoms with Crippen LogP contribution in [0.4, 0.5) is 0 Å². The molecule has 2 N–H and O–H groups in total. The van der Waals surface area contributed by atoms with Gasteiger partial charge in [-0.3, -0.25) is 4.79 Å². The number of carbonyl (C=O) groups excluding carboxylic acids is 1. The Labute approximate surface area is 141 Å². The number of benzene rings is 2. The van der Waals surface area contributed by atoms with Gasteiger partial charge in [-0.15, -0.1) is 11.8 Å².